The van der Waals surface area contributed by atoms with Crippen molar-refractivity contribution in [3.05, 3.63) is 108 Å². The molecule has 0 bridgehead atoms. The number of aromatic amines is 1. The summed E-state index contributed by atoms with van der Waals surface area (Å²) >= 11 is 0. The number of aromatic nitrogens is 1. The molecule has 4 aromatic rings. The van der Waals surface area contributed by atoms with E-state index in [1.807, 2.05) is 60.7 Å². The van der Waals surface area contributed by atoms with Crippen LogP contribution in [-0.2, 0) is 43.2 Å². The third-order valence-corrected chi connectivity index (χ3v) is 9.58. The van der Waals surface area contributed by atoms with Crippen molar-refractivity contribution in [3.63, 3.8) is 0 Å². The number of rotatable bonds is 11. The summed E-state index contributed by atoms with van der Waals surface area (Å²) in [5.74, 6) is -4.27. The van der Waals surface area contributed by atoms with Gasteiger partial charge in [0.05, 0.1) is 0 Å². The number of amides is 5. The maximum atomic E-state index is 14.3. The van der Waals surface area contributed by atoms with Crippen LogP contribution in [0.5, 0.6) is 0 Å². The van der Waals surface area contributed by atoms with Gasteiger partial charge in [-0.05, 0) is 41.5 Å². The number of guanidine groups is 1. The molecule has 5 atom stereocenters. The van der Waals surface area contributed by atoms with Crippen molar-refractivity contribution in [1.29, 1.82) is 5.41 Å². The van der Waals surface area contributed by atoms with Gasteiger partial charge in [-0.25, -0.2) is 5.06 Å². The minimum absolute atomic E-state index is 0.0271. The summed E-state index contributed by atoms with van der Waals surface area (Å²) in [6.45, 7) is 3.40. The van der Waals surface area contributed by atoms with E-state index in [9.17, 15) is 29.2 Å². The van der Waals surface area contributed by atoms with E-state index in [-0.39, 0.29) is 38.6 Å². The Bertz CT molecular complexity index is 1970. The average molecular weight is 752 g/mol. The van der Waals surface area contributed by atoms with Crippen molar-refractivity contribution in [3.8, 4) is 0 Å². The van der Waals surface area contributed by atoms with Crippen LogP contribution >= 0.6 is 0 Å². The van der Waals surface area contributed by atoms with E-state index < -0.39 is 71.6 Å². The Balaban J connectivity index is 1.55. The number of para-hydroxylation sites is 1. The van der Waals surface area contributed by atoms with Gasteiger partial charge in [-0.2, -0.15) is 0 Å². The van der Waals surface area contributed by atoms with Crippen LogP contribution in [-0.4, -0.2) is 87.5 Å². The van der Waals surface area contributed by atoms with E-state index in [2.05, 4.69) is 31.6 Å². The molecule has 1 aliphatic heterocycles. The fourth-order valence-corrected chi connectivity index (χ4v) is 6.55. The monoisotopic (exact) mass is 751 g/mol. The molecule has 290 valence electrons. The van der Waals surface area contributed by atoms with Crippen LogP contribution < -0.4 is 32.3 Å². The average Bonchev–Trinajstić information content (AvgIpc) is 3.58. The Morgan fingerprint density at radius 3 is 1.71 bits per heavy atom. The van der Waals surface area contributed by atoms with E-state index in [1.165, 1.54) is 0 Å². The van der Waals surface area contributed by atoms with Crippen LogP contribution in [0.2, 0.25) is 0 Å². The molecule has 5 rings (SSSR count). The minimum Gasteiger partial charge on any atom is -0.368 e. The Morgan fingerprint density at radius 2 is 1.15 bits per heavy atom. The summed E-state index contributed by atoms with van der Waals surface area (Å²) in [5.41, 5.74) is 8.45. The van der Waals surface area contributed by atoms with Crippen molar-refractivity contribution in [2.24, 2.45) is 11.7 Å². The number of hydroxylamine groups is 2. The second kappa shape index (κ2) is 18.7. The van der Waals surface area contributed by atoms with Crippen LogP contribution in [0.3, 0.4) is 0 Å². The molecule has 15 nitrogen and oxygen atoms in total. The highest BCUT2D eigenvalue weighted by atomic mass is 16.5. The summed E-state index contributed by atoms with van der Waals surface area (Å²) < 4.78 is 0. The molecule has 5 amide bonds. The fourth-order valence-electron chi connectivity index (χ4n) is 6.55. The zero-order valence-corrected chi connectivity index (χ0v) is 30.9. The zero-order chi connectivity index (χ0) is 39.5. The van der Waals surface area contributed by atoms with Crippen LogP contribution in [0.1, 0.15) is 43.4 Å². The predicted molar refractivity (Wildman–Crippen MR) is 206 cm³/mol. The SMILES string of the molecule is CC(C)[C@H]1NC(=O)[C@H](Cc2ccccc2)NC(=O)[C@@H](Cc2ccccc2)NC(=O)[C@H](CCCN(O)C(=N)N)NC(=O)[C@H](Cc2c[nH]c3ccccc23)NC1=O. The van der Waals surface area contributed by atoms with Crippen LogP contribution in [0.25, 0.3) is 10.9 Å². The van der Waals surface area contributed by atoms with Gasteiger partial charge in [0.1, 0.15) is 30.2 Å². The Morgan fingerprint density at radius 1 is 0.673 bits per heavy atom. The second-order valence-electron chi connectivity index (χ2n) is 14.1. The first-order chi connectivity index (χ1) is 26.4. The first-order valence-electron chi connectivity index (χ1n) is 18.3. The first-order valence-corrected chi connectivity index (χ1v) is 18.3. The number of carbonyl (C=O) groups is 5. The molecule has 0 saturated carbocycles. The van der Waals surface area contributed by atoms with Crippen molar-refractivity contribution in [2.45, 2.75) is 76.2 Å². The van der Waals surface area contributed by atoms with Gasteiger partial charge in [0.15, 0.2) is 0 Å². The van der Waals surface area contributed by atoms with Crippen LogP contribution in [0.4, 0.5) is 0 Å². The highest BCUT2D eigenvalue weighted by Gasteiger charge is 2.36. The van der Waals surface area contributed by atoms with Gasteiger partial charge in [0.25, 0.3) is 0 Å². The maximum Gasteiger partial charge on any atom is 0.243 e. The van der Waals surface area contributed by atoms with E-state index in [0.717, 1.165) is 27.6 Å². The lowest BCUT2D eigenvalue weighted by molar-refractivity contribution is -0.134. The van der Waals surface area contributed by atoms with Crippen molar-refractivity contribution in [1.82, 2.24) is 36.6 Å². The molecule has 0 spiro atoms. The van der Waals surface area contributed by atoms with Gasteiger partial charge in [0.2, 0.25) is 35.5 Å². The molecule has 2 heterocycles. The Labute approximate surface area is 319 Å². The van der Waals surface area contributed by atoms with Crippen molar-refractivity contribution < 1.29 is 29.2 Å². The highest BCUT2D eigenvalue weighted by Crippen LogP contribution is 2.20. The van der Waals surface area contributed by atoms with Crippen LogP contribution in [0, 0.1) is 11.3 Å². The second-order valence-corrected chi connectivity index (χ2v) is 14.1. The van der Waals surface area contributed by atoms with Gasteiger partial charge in [-0.15, -0.1) is 0 Å². The van der Waals surface area contributed by atoms with E-state index in [0.29, 0.717) is 5.06 Å². The number of benzene rings is 3. The molecular formula is C40H49N9O6. The normalized spacial score (nSPS) is 21.4. The van der Waals surface area contributed by atoms with E-state index in [1.54, 1.807) is 44.3 Å². The lowest BCUT2D eigenvalue weighted by Gasteiger charge is -2.28. The summed E-state index contributed by atoms with van der Waals surface area (Å²) in [5, 5.41) is 33.0. The molecule has 3 aromatic carbocycles. The van der Waals surface area contributed by atoms with Gasteiger partial charge in [-0.1, -0.05) is 92.7 Å². The molecule has 0 aliphatic carbocycles. The largest absolute Gasteiger partial charge is 0.368 e. The van der Waals surface area contributed by atoms with Crippen molar-refractivity contribution >= 4 is 46.4 Å². The summed E-state index contributed by atoms with van der Waals surface area (Å²) in [6.07, 6.45) is 2.03. The van der Waals surface area contributed by atoms with Crippen molar-refractivity contribution in [2.75, 3.05) is 6.54 Å². The lowest BCUT2D eigenvalue weighted by atomic mass is 9.99. The molecule has 0 unspecified atom stereocenters. The molecule has 55 heavy (non-hydrogen) atoms. The van der Waals surface area contributed by atoms with Gasteiger partial charge >= 0.3 is 0 Å². The first kappa shape index (κ1) is 40.0. The van der Waals surface area contributed by atoms with Gasteiger partial charge < -0.3 is 37.3 Å². The molecular weight excluding hydrogens is 702 g/mol. The number of hydrogen-bond acceptors (Lipinski definition) is 7. The molecule has 10 N–H and O–H groups in total. The number of hydrogen-bond donors (Lipinski definition) is 9. The topological polar surface area (TPSA) is 235 Å². The number of nitrogens with two attached hydrogens (primary N) is 1. The van der Waals surface area contributed by atoms with E-state index >= 15 is 0 Å². The van der Waals surface area contributed by atoms with Gasteiger partial charge in [-0.3, -0.25) is 34.6 Å². The predicted octanol–water partition coefficient (Wildman–Crippen LogP) is 1.65. The summed E-state index contributed by atoms with van der Waals surface area (Å²) in [4.78, 5) is 73.9. The quantitative estimate of drug-likeness (QED) is 0.0620. The molecule has 1 fully saturated rings. The van der Waals surface area contributed by atoms with Crippen LogP contribution in [0.15, 0.2) is 91.1 Å². The number of H-pyrrole nitrogens is 1. The third-order valence-electron chi connectivity index (χ3n) is 9.58. The molecule has 1 saturated heterocycles. The molecule has 1 aromatic heterocycles. The smallest absolute Gasteiger partial charge is 0.243 e. The summed E-state index contributed by atoms with van der Waals surface area (Å²) in [6, 6.07) is 19.8. The Kier molecular flexibility index (Phi) is 13.6. The van der Waals surface area contributed by atoms with Gasteiger partial charge in [0, 0.05) is 42.9 Å². The number of carbonyl (C=O) groups excluding carboxylic acids is 5. The Hall–Kier alpha value is -6.22. The fraction of sp³-hybridized carbons (Fsp3) is 0.350. The summed E-state index contributed by atoms with van der Waals surface area (Å²) in [7, 11) is 0. The van der Waals surface area contributed by atoms with E-state index in [4.69, 9.17) is 11.1 Å². The molecule has 15 heteroatoms. The number of nitrogens with one attached hydrogen (secondary N) is 7. The standard InChI is InChI=1S/C40H49N9O6/c1-24(2)34-39(54)47-33(22-27-23-43-29-17-10-9-16-28(27)29)37(52)44-30(18-11-19-49(55)40(41)42)35(50)45-31(20-25-12-5-3-6-13-25)36(51)46-32(38(53)48-34)21-26-14-7-4-8-15-26/h3-10,12-17,23-24,30-34,43,55H,11,18-22H2,1-2H3,(H3,41,42)(H,44,52)(H,45,50)(H,46,51)(H,47,54)(H,48,53)/t30-,31+,32-,33-,34+/m0/s1. The minimum atomic E-state index is -1.24. The highest BCUT2D eigenvalue weighted by molar-refractivity contribution is 5.98. The lowest BCUT2D eigenvalue weighted by Crippen LogP contribution is -2.59. The molecule has 1 aliphatic rings. The molecule has 0 radical (unpaired) electrons. The number of nitrogens with zero attached hydrogens (tertiary/aromatic N) is 1. The zero-order valence-electron chi connectivity index (χ0n) is 30.9. The maximum absolute atomic E-state index is 14.3. The third kappa shape index (κ3) is 10.9. The number of fused-ring (bicyclic) bond motifs is 1.